The minimum absolute atomic E-state index is 0.247. The Hall–Kier alpha value is -0.850. The normalized spacial score (nSPS) is 11.5. The van der Waals surface area contributed by atoms with Gasteiger partial charge >= 0.3 is 0 Å². The quantitative estimate of drug-likeness (QED) is 0.604. The van der Waals surface area contributed by atoms with Crippen LogP contribution in [0.25, 0.3) is 0 Å². The predicted molar refractivity (Wildman–Crippen MR) is 102 cm³/mol. The number of rotatable bonds is 6. The number of sulfonamides is 1. The van der Waals surface area contributed by atoms with Gasteiger partial charge in [-0.25, -0.2) is 8.42 Å². The average Bonchev–Trinajstić information content (AvgIpc) is 2.49. The molecule has 0 aliphatic rings. The molecule has 0 saturated heterocycles. The van der Waals surface area contributed by atoms with Crippen molar-refractivity contribution >= 4 is 47.6 Å². The fourth-order valence-corrected chi connectivity index (χ4v) is 5.00. The van der Waals surface area contributed by atoms with Crippen molar-refractivity contribution in [2.24, 2.45) is 0 Å². The molecule has 0 aliphatic carbocycles. The Kier molecular flexibility index (Phi) is 6.28. The van der Waals surface area contributed by atoms with E-state index in [0.717, 1.165) is 33.8 Å². The predicted octanol–water partition coefficient (Wildman–Crippen LogP) is 5.66. The molecule has 2 rings (SSSR count). The molecule has 2 aromatic rings. The molecule has 3 nitrogen and oxygen atoms in total. The van der Waals surface area contributed by atoms with Gasteiger partial charge in [-0.3, -0.25) is 4.72 Å². The number of unbranched alkanes of at least 4 members (excludes halogenated alkanes) is 1. The Bertz CT molecular complexity index is 764. The molecule has 1 N–H and O–H groups in total. The van der Waals surface area contributed by atoms with Crippen LogP contribution in [0.4, 0.5) is 5.69 Å². The van der Waals surface area contributed by atoms with E-state index < -0.39 is 10.0 Å². The average molecular weight is 461 g/mol. The summed E-state index contributed by atoms with van der Waals surface area (Å²) in [5.41, 5.74) is 2.71. The van der Waals surface area contributed by atoms with Crippen LogP contribution in [0.3, 0.4) is 0 Å². The number of hydrogen-bond acceptors (Lipinski definition) is 2. The number of nitrogens with one attached hydrogen (secondary N) is 1. The standard InChI is InChI=1S/C17H19Br2NO2S/c1-3-4-5-13-10-15(18)17(16(19)11-13)20-23(21,22)14-8-6-12(2)7-9-14/h6-11,20H,3-5H2,1-2H3. The smallest absolute Gasteiger partial charge is 0.261 e. The first-order valence-corrected chi connectivity index (χ1v) is 10.5. The minimum Gasteiger partial charge on any atom is -0.277 e. The van der Waals surface area contributed by atoms with E-state index in [9.17, 15) is 8.42 Å². The van der Waals surface area contributed by atoms with Crippen LogP contribution in [0.5, 0.6) is 0 Å². The van der Waals surface area contributed by atoms with Gasteiger partial charge in [0.1, 0.15) is 0 Å². The van der Waals surface area contributed by atoms with Crippen LogP contribution in [0, 0.1) is 6.92 Å². The summed E-state index contributed by atoms with van der Waals surface area (Å²) < 4.78 is 29.2. The molecule has 2 aromatic carbocycles. The lowest BCUT2D eigenvalue weighted by molar-refractivity contribution is 0.601. The molecule has 0 saturated carbocycles. The van der Waals surface area contributed by atoms with Crippen LogP contribution in [-0.2, 0) is 16.4 Å². The monoisotopic (exact) mass is 459 g/mol. The molecule has 0 fully saturated rings. The first-order chi connectivity index (χ1) is 10.8. The lowest BCUT2D eigenvalue weighted by atomic mass is 10.1. The molecule has 6 heteroatoms. The highest BCUT2D eigenvalue weighted by molar-refractivity contribution is 9.11. The fourth-order valence-electron chi connectivity index (χ4n) is 2.16. The molecule has 0 heterocycles. The largest absolute Gasteiger partial charge is 0.277 e. The van der Waals surface area contributed by atoms with Crippen LogP contribution in [0.1, 0.15) is 30.9 Å². The third-order valence-electron chi connectivity index (χ3n) is 3.49. The zero-order valence-corrected chi connectivity index (χ0v) is 17.1. The second kappa shape index (κ2) is 7.81. The molecule has 0 bridgehead atoms. The minimum atomic E-state index is -3.61. The maximum atomic E-state index is 12.5. The number of hydrogen-bond donors (Lipinski definition) is 1. The third kappa shape index (κ3) is 4.81. The second-order valence-corrected chi connectivity index (χ2v) is 8.85. The molecule has 124 valence electrons. The van der Waals surface area contributed by atoms with E-state index in [1.165, 1.54) is 5.56 Å². The number of benzene rings is 2. The first-order valence-electron chi connectivity index (χ1n) is 7.41. The fraction of sp³-hybridized carbons (Fsp3) is 0.294. The summed E-state index contributed by atoms with van der Waals surface area (Å²) in [7, 11) is -3.61. The van der Waals surface area contributed by atoms with Crippen molar-refractivity contribution in [3.63, 3.8) is 0 Å². The van der Waals surface area contributed by atoms with Crippen LogP contribution in [-0.4, -0.2) is 8.42 Å². The SMILES string of the molecule is CCCCc1cc(Br)c(NS(=O)(=O)c2ccc(C)cc2)c(Br)c1. The molecular formula is C17H19Br2NO2S. The zero-order valence-electron chi connectivity index (χ0n) is 13.1. The highest BCUT2D eigenvalue weighted by Crippen LogP contribution is 2.34. The summed E-state index contributed by atoms with van der Waals surface area (Å²) in [6.07, 6.45) is 3.20. The lowest BCUT2D eigenvalue weighted by Crippen LogP contribution is -2.14. The van der Waals surface area contributed by atoms with Crippen molar-refractivity contribution in [2.45, 2.75) is 38.0 Å². The van der Waals surface area contributed by atoms with Crippen molar-refractivity contribution in [1.82, 2.24) is 0 Å². The van der Waals surface area contributed by atoms with E-state index in [0.29, 0.717) is 5.69 Å². The maximum absolute atomic E-state index is 12.5. The van der Waals surface area contributed by atoms with Crippen molar-refractivity contribution in [2.75, 3.05) is 4.72 Å². The third-order valence-corrected chi connectivity index (χ3v) is 6.11. The van der Waals surface area contributed by atoms with E-state index in [2.05, 4.69) is 43.5 Å². The number of halogens is 2. The molecule has 0 spiro atoms. The van der Waals surface area contributed by atoms with Gasteiger partial charge in [0.2, 0.25) is 0 Å². The number of aryl methyl sites for hydroxylation is 2. The summed E-state index contributed by atoms with van der Waals surface area (Å²) >= 11 is 6.94. The lowest BCUT2D eigenvalue weighted by Gasteiger charge is -2.13. The number of anilines is 1. The van der Waals surface area contributed by atoms with Crippen molar-refractivity contribution < 1.29 is 8.42 Å². The van der Waals surface area contributed by atoms with E-state index in [1.54, 1.807) is 24.3 Å². The van der Waals surface area contributed by atoms with Crippen LogP contribution < -0.4 is 4.72 Å². The second-order valence-electron chi connectivity index (χ2n) is 5.46. The van der Waals surface area contributed by atoms with E-state index >= 15 is 0 Å². The summed E-state index contributed by atoms with van der Waals surface area (Å²) in [6.45, 7) is 4.07. The molecule has 0 aromatic heterocycles. The van der Waals surface area contributed by atoms with Gasteiger partial charge in [0.05, 0.1) is 10.6 Å². The summed E-state index contributed by atoms with van der Waals surface area (Å²) in [5, 5.41) is 0. The van der Waals surface area contributed by atoms with Crippen molar-refractivity contribution in [3.8, 4) is 0 Å². The highest BCUT2D eigenvalue weighted by Gasteiger charge is 2.18. The Balaban J connectivity index is 2.30. The summed E-state index contributed by atoms with van der Waals surface area (Å²) in [4.78, 5) is 0.247. The molecule has 0 aliphatic heterocycles. The molecule has 0 radical (unpaired) electrons. The first kappa shape index (κ1) is 18.5. The molecule has 0 unspecified atom stereocenters. The Morgan fingerprint density at radius 1 is 1.04 bits per heavy atom. The Morgan fingerprint density at radius 2 is 1.61 bits per heavy atom. The van der Waals surface area contributed by atoms with Gasteiger partial charge in [0.15, 0.2) is 0 Å². The maximum Gasteiger partial charge on any atom is 0.261 e. The van der Waals surface area contributed by atoms with Gasteiger partial charge in [-0.05, 0) is 81.5 Å². The van der Waals surface area contributed by atoms with Gasteiger partial charge < -0.3 is 0 Å². The molecular weight excluding hydrogens is 442 g/mol. The van der Waals surface area contributed by atoms with Gasteiger partial charge in [0, 0.05) is 8.95 Å². The van der Waals surface area contributed by atoms with E-state index in [-0.39, 0.29) is 4.90 Å². The highest BCUT2D eigenvalue weighted by atomic mass is 79.9. The Morgan fingerprint density at radius 3 is 2.13 bits per heavy atom. The van der Waals surface area contributed by atoms with Crippen molar-refractivity contribution in [1.29, 1.82) is 0 Å². The van der Waals surface area contributed by atoms with E-state index in [1.807, 2.05) is 19.1 Å². The van der Waals surface area contributed by atoms with Gasteiger partial charge in [-0.1, -0.05) is 31.0 Å². The summed E-state index contributed by atoms with van der Waals surface area (Å²) in [5.74, 6) is 0. The molecule has 0 atom stereocenters. The van der Waals surface area contributed by atoms with Crippen LogP contribution in [0.2, 0.25) is 0 Å². The van der Waals surface area contributed by atoms with Gasteiger partial charge in [-0.2, -0.15) is 0 Å². The van der Waals surface area contributed by atoms with Gasteiger partial charge in [0.25, 0.3) is 10.0 Å². The van der Waals surface area contributed by atoms with Crippen LogP contribution in [0.15, 0.2) is 50.2 Å². The summed E-state index contributed by atoms with van der Waals surface area (Å²) in [6, 6.07) is 10.7. The topological polar surface area (TPSA) is 46.2 Å². The van der Waals surface area contributed by atoms with Crippen molar-refractivity contribution in [3.05, 3.63) is 56.5 Å². The Labute approximate surface area is 154 Å². The molecule has 23 heavy (non-hydrogen) atoms. The van der Waals surface area contributed by atoms with E-state index in [4.69, 9.17) is 0 Å². The van der Waals surface area contributed by atoms with Crippen LogP contribution >= 0.6 is 31.9 Å². The zero-order chi connectivity index (χ0) is 17.0. The molecule has 0 amide bonds. The van der Waals surface area contributed by atoms with Gasteiger partial charge in [-0.15, -0.1) is 0 Å².